The van der Waals surface area contributed by atoms with Crippen LogP contribution in [0.4, 0.5) is 0 Å². The van der Waals surface area contributed by atoms with Gasteiger partial charge in [-0.15, -0.1) is 0 Å². The Morgan fingerprint density at radius 3 is 2.67 bits per heavy atom. The average molecular weight is 551 g/mol. The van der Waals surface area contributed by atoms with E-state index in [1.54, 1.807) is 30.3 Å². The number of fused-ring (bicyclic) bond motifs is 1. The molecule has 3 amide bonds. The van der Waals surface area contributed by atoms with Gasteiger partial charge in [0.1, 0.15) is 5.82 Å². The molecule has 0 saturated carbocycles. The van der Waals surface area contributed by atoms with E-state index in [-0.39, 0.29) is 30.2 Å². The molecule has 2 aliphatic rings. The summed E-state index contributed by atoms with van der Waals surface area (Å²) in [4.78, 5) is 51.0. The number of aromatic amines is 1. The fourth-order valence-corrected chi connectivity index (χ4v) is 5.81. The zero-order valence-corrected chi connectivity index (χ0v) is 23.0. The lowest BCUT2D eigenvalue weighted by molar-refractivity contribution is -0.132. The number of hydrogen-bond acceptors (Lipinski definition) is 5. The first-order valence-corrected chi connectivity index (χ1v) is 14.1. The normalized spacial score (nSPS) is 18.1. The molecule has 9 nitrogen and oxygen atoms in total. The zero-order valence-electron chi connectivity index (χ0n) is 22.2. The van der Waals surface area contributed by atoms with Crippen LogP contribution in [0.5, 0.6) is 0 Å². The first-order chi connectivity index (χ1) is 18.8. The van der Waals surface area contributed by atoms with Crippen LogP contribution in [0, 0.1) is 6.92 Å². The number of carbonyl (C=O) groups excluding carboxylic acids is 3. The van der Waals surface area contributed by atoms with Gasteiger partial charge in [-0.25, -0.2) is 4.98 Å². The largest absolute Gasteiger partial charge is 0.342 e. The van der Waals surface area contributed by atoms with Gasteiger partial charge in [0.2, 0.25) is 5.91 Å². The van der Waals surface area contributed by atoms with Crippen LogP contribution in [0.25, 0.3) is 11.0 Å². The number of nitrogens with zero attached hydrogens (tertiary/aromatic N) is 3. The van der Waals surface area contributed by atoms with Gasteiger partial charge in [0.05, 0.1) is 17.1 Å². The lowest BCUT2D eigenvalue weighted by atomic mass is 10.0. The van der Waals surface area contributed by atoms with Gasteiger partial charge in [-0.1, -0.05) is 11.6 Å². The van der Waals surface area contributed by atoms with Crippen LogP contribution in [-0.4, -0.2) is 69.7 Å². The summed E-state index contributed by atoms with van der Waals surface area (Å²) in [5.74, 6) is 0.298. The Hall–Kier alpha value is -3.43. The number of rotatable bonds is 8. The van der Waals surface area contributed by atoms with Crippen molar-refractivity contribution in [3.63, 3.8) is 0 Å². The zero-order chi connectivity index (χ0) is 27.5. The first kappa shape index (κ1) is 27.1. The summed E-state index contributed by atoms with van der Waals surface area (Å²) >= 11 is 6.16. The lowest BCUT2D eigenvalue weighted by Crippen LogP contribution is -2.40. The molecule has 39 heavy (non-hydrogen) atoms. The Balaban J connectivity index is 1.35. The fraction of sp³-hybridized carbons (Fsp3) is 0.448. The predicted octanol–water partition coefficient (Wildman–Crippen LogP) is 3.96. The molecule has 3 aromatic rings. The molecule has 2 aliphatic heterocycles. The predicted molar refractivity (Wildman–Crippen MR) is 151 cm³/mol. The van der Waals surface area contributed by atoms with E-state index in [4.69, 9.17) is 17.3 Å². The molecule has 5 rings (SSSR count). The second kappa shape index (κ2) is 11.8. The van der Waals surface area contributed by atoms with Crippen molar-refractivity contribution in [2.75, 3.05) is 26.2 Å². The van der Waals surface area contributed by atoms with E-state index < -0.39 is 6.04 Å². The molecule has 0 unspecified atom stereocenters. The summed E-state index contributed by atoms with van der Waals surface area (Å²) in [6.45, 7) is 4.55. The summed E-state index contributed by atoms with van der Waals surface area (Å²) in [6, 6.07) is 10.1. The van der Waals surface area contributed by atoms with E-state index in [2.05, 4.69) is 15.3 Å². The maximum Gasteiger partial charge on any atom is 0.254 e. The summed E-state index contributed by atoms with van der Waals surface area (Å²) in [7, 11) is 0. The highest BCUT2D eigenvalue weighted by molar-refractivity contribution is 6.31. The minimum Gasteiger partial charge on any atom is -0.342 e. The van der Waals surface area contributed by atoms with Crippen molar-refractivity contribution in [3.8, 4) is 0 Å². The van der Waals surface area contributed by atoms with E-state index >= 15 is 0 Å². The Bertz CT molecular complexity index is 1380. The highest BCUT2D eigenvalue weighted by Crippen LogP contribution is 2.25. The molecule has 3 heterocycles. The molecule has 1 aromatic heterocycles. The van der Waals surface area contributed by atoms with Gasteiger partial charge in [0.15, 0.2) is 0 Å². The number of benzene rings is 2. The van der Waals surface area contributed by atoms with Crippen LogP contribution in [0.1, 0.15) is 76.7 Å². The topological polar surface area (TPSA) is 124 Å². The third-order valence-electron chi connectivity index (χ3n) is 7.83. The van der Waals surface area contributed by atoms with Gasteiger partial charge in [0.25, 0.3) is 11.8 Å². The van der Waals surface area contributed by atoms with E-state index in [0.29, 0.717) is 41.5 Å². The number of halogens is 1. The van der Waals surface area contributed by atoms with Crippen molar-refractivity contribution in [2.45, 2.75) is 57.5 Å². The number of likely N-dealkylation sites (tertiary alicyclic amines) is 2. The molecule has 206 valence electrons. The standard InChI is InChI=1S/C29H35ClN6O3/c1-18-15-19(6-8-22(18)29(39)35-12-2-3-13-35)28(38)34-24(10-11-26(37)36-14-4-5-21(36)17-31)27-32-23-9-7-20(30)16-25(23)33-27/h6-9,15-16,21,24H,2-5,10-14,17,31H2,1H3,(H,32,33)(H,34,38)/t21-,24-/m0/s1. The van der Waals surface area contributed by atoms with Gasteiger partial charge < -0.3 is 25.8 Å². The van der Waals surface area contributed by atoms with Gasteiger partial charge in [-0.05, 0) is 81.0 Å². The molecule has 4 N–H and O–H groups in total. The second-order valence-electron chi connectivity index (χ2n) is 10.5. The van der Waals surface area contributed by atoms with Gasteiger partial charge in [0, 0.05) is 54.8 Å². The molecular formula is C29H35ClN6O3. The van der Waals surface area contributed by atoms with Crippen molar-refractivity contribution < 1.29 is 14.4 Å². The van der Waals surface area contributed by atoms with Gasteiger partial charge in [-0.2, -0.15) is 0 Å². The number of aryl methyl sites for hydroxylation is 1. The van der Waals surface area contributed by atoms with Crippen molar-refractivity contribution in [2.24, 2.45) is 5.73 Å². The third-order valence-corrected chi connectivity index (χ3v) is 8.06. The van der Waals surface area contributed by atoms with E-state index in [1.165, 1.54) is 0 Å². The number of amides is 3. The second-order valence-corrected chi connectivity index (χ2v) is 10.9. The van der Waals surface area contributed by atoms with Crippen LogP contribution >= 0.6 is 11.6 Å². The van der Waals surface area contributed by atoms with Crippen molar-refractivity contribution >= 4 is 40.4 Å². The molecule has 0 bridgehead atoms. The van der Waals surface area contributed by atoms with Gasteiger partial charge in [-0.3, -0.25) is 14.4 Å². The SMILES string of the molecule is Cc1cc(C(=O)N[C@@H](CCC(=O)N2CCC[C@H]2CN)c2nc3ccc(Cl)cc3[nH]2)ccc1C(=O)N1CCCC1. The smallest absolute Gasteiger partial charge is 0.254 e. The number of H-pyrrole nitrogens is 1. The summed E-state index contributed by atoms with van der Waals surface area (Å²) in [5.41, 5.74) is 9.17. The fourth-order valence-electron chi connectivity index (χ4n) is 5.64. The lowest BCUT2D eigenvalue weighted by Gasteiger charge is -2.24. The summed E-state index contributed by atoms with van der Waals surface area (Å²) < 4.78 is 0. The highest BCUT2D eigenvalue weighted by atomic mass is 35.5. The Morgan fingerprint density at radius 1 is 1.13 bits per heavy atom. The first-order valence-electron chi connectivity index (χ1n) is 13.7. The Kier molecular flexibility index (Phi) is 8.18. The minimum atomic E-state index is -0.530. The van der Waals surface area contributed by atoms with Crippen LogP contribution < -0.4 is 11.1 Å². The summed E-state index contributed by atoms with van der Waals surface area (Å²) in [6.07, 6.45) is 4.54. The quantitative estimate of drug-likeness (QED) is 0.391. The molecular weight excluding hydrogens is 516 g/mol. The number of nitrogens with one attached hydrogen (secondary N) is 2. The summed E-state index contributed by atoms with van der Waals surface area (Å²) in [5, 5.41) is 3.65. The highest BCUT2D eigenvalue weighted by Gasteiger charge is 2.29. The van der Waals surface area contributed by atoms with Crippen molar-refractivity contribution in [1.29, 1.82) is 0 Å². The van der Waals surface area contributed by atoms with Crippen LogP contribution in [-0.2, 0) is 4.79 Å². The van der Waals surface area contributed by atoms with Crippen LogP contribution in [0.15, 0.2) is 36.4 Å². The Labute approximate surface area is 233 Å². The number of nitrogens with two attached hydrogens (primary N) is 1. The monoisotopic (exact) mass is 550 g/mol. The number of carbonyl (C=O) groups is 3. The van der Waals surface area contributed by atoms with Crippen molar-refractivity contribution in [1.82, 2.24) is 25.1 Å². The maximum atomic E-state index is 13.4. The van der Waals surface area contributed by atoms with E-state index in [9.17, 15) is 14.4 Å². The van der Waals surface area contributed by atoms with Crippen LogP contribution in [0.2, 0.25) is 5.02 Å². The van der Waals surface area contributed by atoms with Crippen molar-refractivity contribution in [3.05, 3.63) is 63.9 Å². The maximum absolute atomic E-state index is 13.4. The molecule has 2 fully saturated rings. The van der Waals surface area contributed by atoms with Gasteiger partial charge >= 0.3 is 0 Å². The molecule has 10 heteroatoms. The number of imidazole rings is 1. The number of aromatic nitrogens is 2. The molecule has 0 spiro atoms. The van der Waals surface area contributed by atoms with E-state index in [0.717, 1.165) is 55.4 Å². The van der Waals surface area contributed by atoms with E-state index in [1.807, 2.05) is 22.8 Å². The average Bonchev–Trinajstić information content (AvgIpc) is 3.70. The molecule has 2 aromatic carbocycles. The number of hydrogen-bond donors (Lipinski definition) is 3. The minimum absolute atomic E-state index is 0.00646. The third kappa shape index (κ3) is 5.94. The molecule has 0 aliphatic carbocycles. The Morgan fingerprint density at radius 2 is 1.92 bits per heavy atom. The molecule has 2 saturated heterocycles. The molecule has 2 atom stereocenters. The van der Waals surface area contributed by atoms with Crippen LogP contribution in [0.3, 0.4) is 0 Å². The molecule has 0 radical (unpaired) electrons.